The molecule has 0 radical (unpaired) electrons. The topological polar surface area (TPSA) is 151 Å². The predicted molar refractivity (Wildman–Crippen MR) is 146 cm³/mol. The van der Waals surface area contributed by atoms with Gasteiger partial charge in [-0.2, -0.15) is 5.26 Å². The van der Waals surface area contributed by atoms with Crippen LogP contribution in [0.25, 0.3) is 0 Å². The lowest BCUT2D eigenvalue weighted by Crippen LogP contribution is -2.60. The third kappa shape index (κ3) is 6.36. The van der Waals surface area contributed by atoms with Crippen LogP contribution in [0.5, 0.6) is 0 Å². The zero-order chi connectivity index (χ0) is 26.5. The monoisotopic (exact) mass is 515 g/mol. The highest BCUT2D eigenvalue weighted by molar-refractivity contribution is 5.81. The van der Waals surface area contributed by atoms with Crippen molar-refractivity contribution in [2.75, 3.05) is 26.2 Å². The molecule has 0 aromatic heterocycles. The Hall–Kier alpha value is -1.57. The molecule has 4 aliphatic rings. The van der Waals surface area contributed by atoms with E-state index in [1.165, 1.54) is 0 Å². The van der Waals surface area contributed by atoms with Crippen molar-refractivity contribution in [3.63, 3.8) is 0 Å². The fourth-order valence-corrected chi connectivity index (χ4v) is 7.67. The van der Waals surface area contributed by atoms with Crippen LogP contribution in [0.1, 0.15) is 78.1 Å². The molecule has 1 saturated carbocycles. The van der Waals surface area contributed by atoms with E-state index >= 15 is 0 Å². The number of fused-ring (bicyclic) bond motifs is 1. The summed E-state index contributed by atoms with van der Waals surface area (Å²) < 4.78 is 6.49. The van der Waals surface area contributed by atoms with Gasteiger partial charge in [-0.3, -0.25) is 9.79 Å². The minimum atomic E-state index is -0.815. The van der Waals surface area contributed by atoms with Gasteiger partial charge in [0.05, 0.1) is 42.4 Å². The Kier molecular flexibility index (Phi) is 9.63. The van der Waals surface area contributed by atoms with Gasteiger partial charge in [0, 0.05) is 25.1 Å². The highest BCUT2D eigenvalue weighted by Gasteiger charge is 2.66. The second kappa shape index (κ2) is 12.5. The van der Waals surface area contributed by atoms with Crippen LogP contribution >= 0.6 is 0 Å². The summed E-state index contributed by atoms with van der Waals surface area (Å²) in [7, 11) is 0. The number of nitriles is 1. The maximum absolute atomic E-state index is 13.8. The van der Waals surface area contributed by atoms with E-state index in [1.54, 1.807) is 0 Å². The summed E-state index contributed by atoms with van der Waals surface area (Å²) in [5.41, 5.74) is 13.0. The molecule has 0 aromatic rings. The number of hydrogen-bond acceptors (Lipinski definition) is 8. The number of aliphatic imine (C=N–C) groups is 1. The maximum atomic E-state index is 13.8. The third-order valence-electron chi connectivity index (χ3n) is 9.71. The standard InChI is InChI=1S/C28H49N7O2/c1-3-9-28-14-19(5-10-29)16-34-21(15-27(28,4-2)18-28)24(25(30)31)26(36)35-22-17-33-13-8-23(22)37-20-6-11-32-12-7-20/h16,19-25,32-33H,3-9,11-15,17-18,30-31H2,1-2H3,(H,35,36). The lowest BCUT2D eigenvalue weighted by Gasteiger charge is -2.38. The van der Waals surface area contributed by atoms with E-state index in [2.05, 4.69) is 35.9 Å². The summed E-state index contributed by atoms with van der Waals surface area (Å²) in [6.07, 6.45) is 10.9. The van der Waals surface area contributed by atoms with Gasteiger partial charge < -0.3 is 32.2 Å². The maximum Gasteiger partial charge on any atom is 0.228 e. The number of ether oxygens (including phenoxy) is 1. The zero-order valence-corrected chi connectivity index (χ0v) is 22.9. The normalized spacial score (nSPS) is 37.2. The summed E-state index contributed by atoms with van der Waals surface area (Å²) in [6.45, 7) is 8.00. The van der Waals surface area contributed by atoms with Gasteiger partial charge in [0.25, 0.3) is 0 Å². The number of piperidine rings is 2. The summed E-state index contributed by atoms with van der Waals surface area (Å²) in [5, 5.41) is 19.5. The number of nitrogens with one attached hydrogen (secondary N) is 3. The van der Waals surface area contributed by atoms with Crippen molar-refractivity contribution < 1.29 is 9.53 Å². The average molecular weight is 516 g/mol. The Balaban J connectivity index is 1.51. The van der Waals surface area contributed by atoms with Crippen molar-refractivity contribution in [2.24, 2.45) is 39.1 Å². The number of carbonyl (C=O) groups is 1. The Morgan fingerprint density at radius 1 is 1.19 bits per heavy atom. The van der Waals surface area contributed by atoms with Crippen LogP contribution in [-0.4, -0.2) is 68.8 Å². The second-order valence-corrected chi connectivity index (χ2v) is 12.1. The van der Waals surface area contributed by atoms with Crippen LogP contribution in [0, 0.1) is 34.0 Å². The van der Waals surface area contributed by atoms with Gasteiger partial charge in [0.1, 0.15) is 0 Å². The SMILES string of the molecule is CCCC12CC(CC#N)C=NC(C(C(=O)NC3CNCCC3OC3CCNCC3)C(N)N)CC1(CC)C2. The van der Waals surface area contributed by atoms with Gasteiger partial charge in [0.15, 0.2) is 0 Å². The minimum absolute atomic E-state index is 0.0218. The number of hydrogen-bond donors (Lipinski definition) is 5. The first-order chi connectivity index (χ1) is 17.9. The Morgan fingerprint density at radius 2 is 1.95 bits per heavy atom. The predicted octanol–water partition coefficient (Wildman–Crippen LogP) is 1.81. The molecule has 3 fully saturated rings. The molecule has 0 bridgehead atoms. The van der Waals surface area contributed by atoms with Gasteiger partial charge >= 0.3 is 0 Å². The van der Waals surface area contributed by atoms with Crippen LogP contribution in [0.2, 0.25) is 0 Å². The van der Waals surface area contributed by atoms with Gasteiger partial charge in [-0.15, -0.1) is 0 Å². The third-order valence-corrected chi connectivity index (χ3v) is 9.71. The fourth-order valence-electron chi connectivity index (χ4n) is 7.67. The lowest BCUT2D eigenvalue weighted by atomic mass is 9.74. The smallest absolute Gasteiger partial charge is 0.228 e. The van der Waals surface area contributed by atoms with Crippen molar-refractivity contribution in [3.8, 4) is 6.07 Å². The molecular formula is C28H49N7O2. The molecule has 2 saturated heterocycles. The number of carbonyl (C=O) groups excluding carboxylic acids is 1. The number of amides is 1. The average Bonchev–Trinajstić information content (AvgIpc) is 3.47. The van der Waals surface area contributed by atoms with Crippen molar-refractivity contribution in [3.05, 3.63) is 0 Å². The number of nitrogens with two attached hydrogens (primary N) is 2. The van der Waals surface area contributed by atoms with E-state index in [1.807, 2.05) is 6.21 Å². The van der Waals surface area contributed by atoms with E-state index < -0.39 is 12.1 Å². The number of rotatable bonds is 10. The van der Waals surface area contributed by atoms with E-state index in [0.29, 0.717) is 13.0 Å². The van der Waals surface area contributed by atoms with Crippen molar-refractivity contribution in [1.82, 2.24) is 16.0 Å². The zero-order valence-electron chi connectivity index (χ0n) is 22.9. The van der Waals surface area contributed by atoms with Crippen LogP contribution < -0.4 is 27.4 Å². The Morgan fingerprint density at radius 3 is 2.62 bits per heavy atom. The summed E-state index contributed by atoms with van der Waals surface area (Å²) in [6, 6.07) is 1.94. The fraction of sp³-hybridized carbons (Fsp3) is 0.893. The molecule has 7 unspecified atom stereocenters. The van der Waals surface area contributed by atoms with Crippen LogP contribution in [0.4, 0.5) is 0 Å². The molecule has 9 nitrogen and oxygen atoms in total. The highest BCUT2D eigenvalue weighted by atomic mass is 16.5. The van der Waals surface area contributed by atoms with Gasteiger partial charge in [-0.25, -0.2) is 0 Å². The van der Waals surface area contributed by atoms with Gasteiger partial charge in [-0.05, 0) is 81.8 Å². The largest absolute Gasteiger partial charge is 0.373 e. The Bertz CT molecular complexity index is 839. The molecule has 37 heavy (non-hydrogen) atoms. The molecule has 9 heteroatoms. The molecule has 7 N–H and O–H groups in total. The molecule has 7 atom stereocenters. The molecule has 3 aliphatic heterocycles. The van der Waals surface area contributed by atoms with Gasteiger partial charge in [-0.1, -0.05) is 20.3 Å². The quantitative estimate of drug-likeness (QED) is 0.278. The molecule has 3 heterocycles. The molecular weight excluding hydrogens is 466 g/mol. The first kappa shape index (κ1) is 28.4. The lowest BCUT2D eigenvalue weighted by molar-refractivity contribution is -0.130. The van der Waals surface area contributed by atoms with Crippen LogP contribution in [0.15, 0.2) is 4.99 Å². The van der Waals surface area contributed by atoms with Gasteiger partial charge in [0.2, 0.25) is 5.91 Å². The molecule has 208 valence electrons. The first-order valence-corrected chi connectivity index (χ1v) is 14.7. The minimum Gasteiger partial charge on any atom is -0.373 e. The van der Waals surface area contributed by atoms with Crippen molar-refractivity contribution in [1.29, 1.82) is 5.26 Å². The van der Waals surface area contributed by atoms with Crippen molar-refractivity contribution in [2.45, 2.75) is 109 Å². The highest BCUT2D eigenvalue weighted by Crippen LogP contribution is 2.73. The van der Waals surface area contributed by atoms with E-state index in [0.717, 1.165) is 77.4 Å². The van der Waals surface area contributed by atoms with Crippen molar-refractivity contribution >= 4 is 12.1 Å². The summed E-state index contributed by atoms with van der Waals surface area (Å²) in [5.74, 6) is -0.646. The molecule has 1 amide bonds. The second-order valence-electron chi connectivity index (χ2n) is 12.1. The van der Waals surface area contributed by atoms with E-state index in [4.69, 9.17) is 21.2 Å². The first-order valence-electron chi connectivity index (χ1n) is 14.7. The Labute approximate surface area is 222 Å². The molecule has 1 aliphatic carbocycles. The molecule has 0 spiro atoms. The summed E-state index contributed by atoms with van der Waals surface area (Å²) >= 11 is 0. The van der Waals surface area contributed by atoms with E-state index in [-0.39, 0.29) is 46.9 Å². The molecule has 0 aromatic carbocycles. The molecule has 4 rings (SSSR count). The number of nitrogens with zero attached hydrogens (tertiary/aromatic N) is 2. The van der Waals surface area contributed by atoms with E-state index in [9.17, 15) is 10.1 Å². The van der Waals surface area contributed by atoms with Crippen LogP contribution in [-0.2, 0) is 9.53 Å². The summed E-state index contributed by atoms with van der Waals surface area (Å²) in [4.78, 5) is 18.8. The van der Waals surface area contributed by atoms with Crippen LogP contribution in [0.3, 0.4) is 0 Å².